The molecular formula is C26H26N2O2. The molecular weight excluding hydrogens is 372 g/mol. The van der Waals surface area contributed by atoms with Crippen LogP contribution in [0.4, 0.5) is 0 Å². The van der Waals surface area contributed by atoms with Gasteiger partial charge in [0.05, 0.1) is 12.3 Å². The third-order valence-electron chi connectivity index (χ3n) is 7.57. The number of benzene rings is 3. The van der Waals surface area contributed by atoms with Gasteiger partial charge in [-0.2, -0.15) is 0 Å². The molecule has 4 saturated heterocycles. The molecule has 4 nitrogen and oxygen atoms in total. The number of phenolic OH excluding ortho intramolecular Hbond substituents is 1. The van der Waals surface area contributed by atoms with E-state index in [1.54, 1.807) is 12.1 Å². The first kappa shape index (κ1) is 18.1. The Labute approximate surface area is 177 Å². The lowest BCUT2D eigenvalue weighted by atomic mass is 9.54. The first-order valence-electron chi connectivity index (χ1n) is 10.7. The van der Waals surface area contributed by atoms with E-state index in [1.165, 1.54) is 16.7 Å². The van der Waals surface area contributed by atoms with Crippen LogP contribution in [0.15, 0.2) is 84.9 Å². The molecule has 4 aliphatic rings. The molecule has 0 radical (unpaired) electrons. The van der Waals surface area contributed by atoms with Crippen LogP contribution < -0.4 is 0 Å². The molecule has 152 valence electrons. The highest BCUT2D eigenvalue weighted by atomic mass is 16.3. The highest BCUT2D eigenvalue weighted by Crippen LogP contribution is 2.56. The lowest BCUT2D eigenvalue weighted by Gasteiger charge is -2.69. The van der Waals surface area contributed by atoms with Gasteiger partial charge in [0.1, 0.15) is 5.75 Å². The number of aliphatic hydroxyl groups is 1. The van der Waals surface area contributed by atoms with Crippen molar-refractivity contribution >= 4 is 0 Å². The van der Waals surface area contributed by atoms with Crippen LogP contribution in [0.5, 0.6) is 5.75 Å². The van der Waals surface area contributed by atoms with Crippen molar-refractivity contribution in [1.82, 2.24) is 9.80 Å². The van der Waals surface area contributed by atoms with Crippen LogP contribution in [0.2, 0.25) is 0 Å². The van der Waals surface area contributed by atoms with Crippen LogP contribution in [-0.2, 0) is 10.8 Å². The molecule has 7 rings (SSSR count). The standard InChI is InChI=1S/C26H26N2O2/c29-22-13-11-19(12-14-22)23-27-15-25(20-7-3-1-4-8-20)16-28(23)18-26(17-27,24(25)30)21-9-5-2-6-10-21/h1-14,23-24,29-30H,15-18H2. The number of hydrogen-bond acceptors (Lipinski definition) is 4. The van der Waals surface area contributed by atoms with Crippen molar-refractivity contribution in [1.29, 1.82) is 0 Å². The van der Waals surface area contributed by atoms with Crippen molar-refractivity contribution in [2.45, 2.75) is 23.1 Å². The molecule has 4 bridgehead atoms. The third-order valence-corrected chi connectivity index (χ3v) is 7.57. The Hall–Kier alpha value is -2.66. The second kappa shape index (κ2) is 6.42. The number of aliphatic hydroxyl groups excluding tert-OH is 1. The average Bonchev–Trinajstić information content (AvgIpc) is 2.78. The van der Waals surface area contributed by atoms with Crippen LogP contribution in [0.25, 0.3) is 0 Å². The largest absolute Gasteiger partial charge is 0.508 e. The summed E-state index contributed by atoms with van der Waals surface area (Å²) >= 11 is 0. The number of phenols is 1. The van der Waals surface area contributed by atoms with Gasteiger partial charge in [-0.05, 0) is 28.8 Å². The van der Waals surface area contributed by atoms with Crippen molar-refractivity contribution < 1.29 is 10.2 Å². The van der Waals surface area contributed by atoms with Crippen LogP contribution >= 0.6 is 0 Å². The number of rotatable bonds is 3. The monoisotopic (exact) mass is 398 g/mol. The minimum absolute atomic E-state index is 0.173. The van der Waals surface area contributed by atoms with Crippen molar-refractivity contribution in [2.24, 2.45) is 0 Å². The maximum Gasteiger partial charge on any atom is 0.115 e. The van der Waals surface area contributed by atoms with Gasteiger partial charge in [-0.1, -0.05) is 72.8 Å². The molecule has 4 fully saturated rings. The highest BCUT2D eigenvalue weighted by Gasteiger charge is 2.66. The number of piperidine rings is 2. The van der Waals surface area contributed by atoms with Gasteiger partial charge >= 0.3 is 0 Å². The maximum atomic E-state index is 11.9. The van der Waals surface area contributed by atoms with Crippen LogP contribution in [0.3, 0.4) is 0 Å². The summed E-state index contributed by atoms with van der Waals surface area (Å²) in [6.07, 6.45) is -0.269. The minimum atomic E-state index is -0.442. The highest BCUT2D eigenvalue weighted by molar-refractivity contribution is 5.43. The van der Waals surface area contributed by atoms with Gasteiger partial charge in [0.15, 0.2) is 0 Å². The molecule has 4 heteroatoms. The van der Waals surface area contributed by atoms with E-state index in [4.69, 9.17) is 0 Å². The second-order valence-electron chi connectivity index (χ2n) is 9.22. The number of nitrogens with zero attached hydrogens (tertiary/aromatic N) is 2. The molecule has 4 heterocycles. The topological polar surface area (TPSA) is 46.9 Å². The SMILES string of the molecule is Oc1ccc(C2N3CC4(c5ccccc5)CN2CC(c2ccccc2)(C3)C4O)cc1. The molecule has 0 saturated carbocycles. The lowest BCUT2D eigenvalue weighted by molar-refractivity contribution is -0.209. The quantitative estimate of drug-likeness (QED) is 0.711. The Balaban J connectivity index is 1.50. The molecule has 3 aromatic carbocycles. The van der Waals surface area contributed by atoms with Crippen LogP contribution in [0.1, 0.15) is 22.9 Å². The zero-order valence-corrected chi connectivity index (χ0v) is 16.9. The van der Waals surface area contributed by atoms with E-state index in [-0.39, 0.29) is 17.0 Å². The van der Waals surface area contributed by atoms with Gasteiger partial charge in [0.25, 0.3) is 0 Å². The zero-order chi connectivity index (χ0) is 20.3. The van der Waals surface area contributed by atoms with Crippen molar-refractivity contribution in [3.63, 3.8) is 0 Å². The van der Waals surface area contributed by atoms with E-state index in [2.05, 4.69) is 58.3 Å². The maximum absolute atomic E-state index is 11.9. The number of aromatic hydroxyl groups is 1. The summed E-state index contributed by atoms with van der Waals surface area (Å²) in [6, 6.07) is 28.7. The first-order valence-corrected chi connectivity index (χ1v) is 10.7. The summed E-state index contributed by atoms with van der Waals surface area (Å²) in [7, 11) is 0. The fraction of sp³-hybridized carbons (Fsp3) is 0.308. The van der Waals surface area contributed by atoms with Crippen molar-refractivity contribution in [3.05, 3.63) is 102 Å². The molecule has 0 amide bonds. The van der Waals surface area contributed by atoms with Crippen LogP contribution in [-0.4, -0.2) is 52.3 Å². The molecule has 0 aliphatic carbocycles. The predicted molar refractivity (Wildman–Crippen MR) is 116 cm³/mol. The zero-order valence-electron chi connectivity index (χ0n) is 16.9. The van der Waals surface area contributed by atoms with E-state index < -0.39 is 6.10 Å². The lowest BCUT2D eigenvalue weighted by Crippen LogP contribution is -2.81. The minimum Gasteiger partial charge on any atom is -0.508 e. The van der Waals surface area contributed by atoms with E-state index in [0.29, 0.717) is 5.75 Å². The fourth-order valence-electron chi connectivity index (χ4n) is 6.40. The van der Waals surface area contributed by atoms with Crippen molar-refractivity contribution in [2.75, 3.05) is 26.2 Å². The average molecular weight is 399 g/mol. The summed E-state index contributed by atoms with van der Waals surface area (Å²) in [5.41, 5.74) is 3.00. The third kappa shape index (κ3) is 2.38. The Bertz CT molecular complexity index is 976. The van der Waals surface area contributed by atoms with Gasteiger partial charge < -0.3 is 10.2 Å². The molecule has 2 N–H and O–H groups in total. The van der Waals surface area contributed by atoms with E-state index in [1.807, 2.05) is 24.3 Å². The summed E-state index contributed by atoms with van der Waals surface area (Å²) in [5.74, 6) is 0.296. The molecule has 3 aromatic rings. The molecule has 4 aliphatic heterocycles. The molecule has 0 aromatic heterocycles. The molecule has 0 spiro atoms. The summed E-state index contributed by atoms with van der Waals surface area (Å²) in [5, 5.41) is 21.7. The Morgan fingerprint density at radius 3 is 1.50 bits per heavy atom. The molecule has 30 heavy (non-hydrogen) atoms. The van der Waals surface area contributed by atoms with Gasteiger partial charge in [-0.25, -0.2) is 0 Å². The van der Waals surface area contributed by atoms with Gasteiger partial charge in [0.2, 0.25) is 0 Å². The van der Waals surface area contributed by atoms with Gasteiger partial charge in [-0.15, -0.1) is 0 Å². The Morgan fingerprint density at radius 1 is 0.633 bits per heavy atom. The normalized spacial score (nSPS) is 36.7. The predicted octanol–water partition coefficient (Wildman–Crippen LogP) is 3.27. The summed E-state index contributed by atoms with van der Waals surface area (Å²) < 4.78 is 0. The number of hydrogen-bond donors (Lipinski definition) is 2. The van der Waals surface area contributed by atoms with E-state index in [9.17, 15) is 10.2 Å². The molecule has 0 atom stereocenters. The van der Waals surface area contributed by atoms with E-state index in [0.717, 1.165) is 26.2 Å². The van der Waals surface area contributed by atoms with Crippen LogP contribution in [0, 0.1) is 0 Å². The smallest absolute Gasteiger partial charge is 0.115 e. The van der Waals surface area contributed by atoms with Crippen molar-refractivity contribution in [3.8, 4) is 5.75 Å². The summed E-state index contributed by atoms with van der Waals surface area (Å²) in [6.45, 7) is 3.31. The first-order chi connectivity index (χ1) is 14.6. The molecule has 0 unspecified atom stereocenters. The Morgan fingerprint density at radius 2 is 1.07 bits per heavy atom. The second-order valence-corrected chi connectivity index (χ2v) is 9.22. The van der Waals surface area contributed by atoms with E-state index >= 15 is 0 Å². The Kier molecular flexibility index (Phi) is 3.88. The fourth-order valence-corrected chi connectivity index (χ4v) is 6.40. The summed E-state index contributed by atoms with van der Waals surface area (Å²) in [4.78, 5) is 5.07. The van der Waals surface area contributed by atoms with Gasteiger partial charge in [-0.3, -0.25) is 9.80 Å². The van der Waals surface area contributed by atoms with Gasteiger partial charge in [0, 0.05) is 37.0 Å².